The molecule has 2 unspecified atom stereocenters. The van der Waals surface area contributed by atoms with E-state index in [1.54, 1.807) is 0 Å². The maximum absolute atomic E-state index is 9.58. The van der Waals surface area contributed by atoms with Crippen molar-refractivity contribution < 1.29 is 5.11 Å². The van der Waals surface area contributed by atoms with Gasteiger partial charge < -0.3 is 10.0 Å². The first-order chi connectivity index (χ1) is 8.81. The second-order valence-corrected chi connectivity index (χ2v) is 5.06. The monoisotopic (exact) mass is 242 g/mol. The van der Waals surface area contributed by atoms with Crippen LogP contribution in [0.2, 0.25) is 0 Å². The molecule has 2 heterocycles. The molecule has 1 aromatic carbocycles. The lowest BCUT2D eigenvalue weighted by molar-refractivity contribution is 0.245. The van der Waals surface area contributed by atoms with Crippen molar-refractivity contribution >= 4 is 16.6 Å². The number of anilines is 1. The summed E-state index contributed by atoms with van der Waals surface area (Å²) in [5.41, 5.74) is 2.22. The highest BCUT2D eigenvalue weighted by Crippen LogP contribution is 2.33. The van der Waals surface area contributed by atoms with Crippen molar-refractivity contribution in [2.75, 3.05) is 18.1 Å². The second kappa shape index (κ2) is 4.58. The zero-order chi connectivity index (χ0) is 12.5. The fraction of sp³-hybridized carbons (Fsp3) is 0.400. The largest absolute Gasteiger partial charge is 0.394 e. The van der Waals surface area contributed by atoms with Crippen LogP contribution in [0.4, 0.5) is 5.69 Å². The van der Waals surface area contributed by atoms with Crippen LogP contribution in [0.3, 0.4) is 0 Å². The Morgan fingerprint density at radius 3 is 3.00 bits per heavy atom. The van der Waals surface area contributed by atoms with E-state index in [2.05, 4.69) is 28.9 Å². The minimum atomic E-state index is 0.220. The molecule has 1 N–H and O–H groups in total. The third kappa shape index (κ3) is 1.75. The molecular weight excluding hydrogens is 224 g/mol. The molecule has 1 aliphatic rings. The Balaban J connectivity index is 2.09. The van der Waals surface area contributed by atoms with Gasteiger partial charge in [-0.3, -0.25) is 4.98 Å². The van der Waals surface area contributed by atoms with Crippen molar-refractivity contribution in [2.24, 2.45) is 5.92 Å². The van der Waals surface area contributed by atoms with E-state index in [1.165, 1.54) is 11.1 Å². The summed E-state index contributed by atoms with van der Waals surface area (Å²) in [6.07, 6.45) is 3.00. The molecule has 2 atom stereocenters. The van der Waals surface area contributed by atoms with Crippen LogP contribution >= 0.6 is 0 Å². The molecule has 0 radical (unpaired) electrons. The SMILES string of the molecule is CC1CCN(c2ccnc3ccccc23)C1CO. The lowest BCUT2D eigenvalue weighted by atomic mass is 10.0. The number of aromatic nitrogens is 1. The van der Waals surface area contributed by atoms with Crippen molar-refractivity contribution in [3.63, 3.8) is 0 Å². The molecule has 1 aliphatic heterocycles. The molecular formula is C15H18N2O. The Labute approximate surface area is 107 Å². The summed E-state index contributed by atoms with van der Waals surface area (Å²) in [5, 5.41) is 10.8. The second-order valence-electron chi connectivity index (χ2n) is 5.06. The number of benzene rings is 1. The lowest BCUT2D eigenvalue weighted by Gasteiger charge is -2.28. The van der Waals surface area contributed by atoms with Crippen LogP contribution in [0.25, 0.3) is 10.9 Å². The van der Waals surface area contributed by atoms with Crippen molar-refractivity contribution in [3.05, 3.63) is 36.5 Å². The van der Waals surface area contributed by atoms with Gasteiger partial charge in [0.15, 0.2) is 0 Å². The van der Waals surface area contributed by atoms with Crippen molar-refractivity contribution in [3.8, 4) is 0 Å². The van der Waals surface area contributed by atoms with Crippen LogP contribution in [0.1, 0.15) is 13.3 Å². The Kier molecular flexibility index (Phi) is 2.92. The molecule has 0 aliphatic carbocycles. The highest BCUT2D eigenvalue weighted by molar-refractivity contribution is 5.91. The first kappa shape index (κ1) is 11.5. The number of pyridine rings is 1. The van der Waals surface area contributed by atoms with E-state index in [-0.39, 0.29) is 12.6 Å². The topological polar surface area (TPSA) is 36.4 Å². The molecule has 18 heavy (non-hydrogen) atoms. The van der Waals surface area contributed by atoms with E-state index in [0.717, 1.165) is 18.5 Å². The fourth-order valence-corrected chi connectivity index (χ4v) is 2.92. The van der Waals surface area contributed by atoms with Gasteiger partial charge in [0.1, 0.15) is 0 Å². The normalized spacial score (nSPS) is 23.8. The molecule has 0 saturated carbocycles. The predicted molar refractivity (Wildman–Crippen MR) is 73.7 cm³/mol. The number of hydrogen-bond donors (Lipinski definition) is 1. The molecule has 0 bridgehead atoms. The molecule has 94 valence electrons. The molecule has 1 aromatic heterocycles. The maximum Gasteiger partial charge on any atom is 0.0722 e. The standard InChI is InChI=1S/C15H18N2O/c1-11-7-9-17(15(11)10-18)14-6-8-16-13-5-3-2-4-12(13)14/h2-6,8,11,15,18H,7,9-10H2,1H3. The molecule has 3 heteroatoms. The quantitative estimate of drug-likeness (QED) is 0.878. The van der Waals surface area contributed by atoms with Gasteiger partial charge in [-0.15, -0.1) is 0 Å². The van der Waals surface area contributed by atoms with Gasteiger partial charge in [-0.05, 0) is 24.5 Å². The highest BCUT2D eigenvalue weighted by Gasteiger charge is 2.31. The molecule has 1 fully saturated rings. The van der Waals surface area contributed by atoms with E-state index in [0.29, 0.717) is 5.92 Å². The molecule has 3 nitrogen and oxygen atoms in total. The average molecular weight is 242 g/mol. The predicted octanol–water partition coefficient (Wildman–Crippen LogP) is 2.44. The first-order valence-electron chi connectivity index (χ1n) is 6.52. The minimum Gasteiger partial charge on any atom is -0.394 e. The number of fused-ring (bicyclic) bond motifs is 1. The molecule has 2 aromatic rings. The molecule has 1 saturated heterocycles. The van der Waals surface area contributed by atoms with E-state index < -0.39 is 0 Å². The van der Waals surface area contributed by atoms with Gasteiger partial charge in [0.05, 0.1) is 18.2 Å². The Morgan fingerprint density at radius 2 is 2.17 bits per heavy atom. The number of nitrogens with zero attached hydrogens (tertiary/aromatic N) is 2. The van der Waals surface area contributed by atoms with Gasteiger partial charge in [-0.2, -0.15) is 0 Å². The highest BCUT2D eigenvalue weighted by atomic mass is 16.3. The van der Waals surface area contributed by atoms with E-state index in [9.17, 15) is 5.11 Å². The van der Waals surface area contributed by atoms with Crippen LogP contribution in [-0.4, -0.2) is 29.3 Å². The fourth-order valence-electron chi connectivity index (χ4n) is 2.92. The third-order valence-electron chi connectivity index (χ3n) is 4.01. The lowest BCUT2D eigenvalue weighted by Crippen LogP contribution is -2.35. The van der Waals surface area contributed by atoms with E-state index >= 15 is 0 Å². The van der Waals surface area contributed by atoms with Crippen molar-refractivity contribution in [1.29, 1.82) is 0 Å². The number of hydrogen-bond acceptors (Lipinski definition) is 3. The zero-order valence-corrected chi connectivity index (χ0v) is 10.6. The summed E-state index contributed by atoms with van der Waals surface area (Å²) in [4.78, 5) is 6.72. The van der Waals surface area contributed by atoms with Crippen molar-refractivity contribution in [2.45, 2.75) is 19.4 Å². The summed E-state index contributed by atoms with van der Waals surface area (Å²) in [7, 11) is 0. The maximum atomic E-state index is 9.58. The van der Waals surface area contributed by atoms with Crippen LogP contribution in [0.15, 0.2) is 36.5 Å². The molecule has 0 amide bonds. The number of aliphatic hydroxyl groups excluding tert-OH is 1. The summed E-state index contributed by atoms with van der Waals surface area (Å²) in [5.74, 6) is 0.543. The van der Waals surface area contributed by atoms with Gasteiger partial charge in [-0.1, -0.05) is 25.1 Å². The van der Waals surface area contributed by atoms with Crippen LogP contribution in [-0.2, 0) is 0 Å². The molecule has 3 rings (SSSR count). The van der Waals surface area contributed by atoms with Crippen LogP contribution < -0.4 is 4.90 Å². The first-order valence-corrected chi connectivity index (χ1v) is 6.52. The Morgan fingerprint density at radius 1 is 1.33 bits per heavy atom. The van der Waals surface area contributed by atoms with E-state index in [4.69, 9.17) is 0 Å². The molecule has 0 spiro atoms. The minimum absolute atomic E-state index is 0.220. The van der Waals surface area contributed by atoms with E-state index in [1.807, 2.05) is 24.4 Å². The van der Waals surface area contributed by atoms with Gasteiger partial charge >= 0.3 is 0 Å². The van der Waals surface area contributed by atoms with Crippen LogP contribution in [0.5, 0.6) is 0 Å². The number of aliphatic hydroxyl groups is 1. The summed E-state index contributed by atoms with van der Waals surface area (Å²) >= 11 is 0. The Hall–Kier alpha value is -1.61. The van der Waals surface area contributed by atoms with Gasteiger partial charge in [0.2, 0.25) is 0 Å². The average Bonchev–Trinajstić information content (AvgIpc) is 2.79. The number of para-hydroxylation sites is 1. The summed E-state index contributed by atoms with van der Waals surface area (Å²) in [6, 6.07) is 10.5. The summed E-state index contributed by atoms with van der Waals surface area (Å²) in [6.45, 7) is 3.45. The van der Waals surface area contributed by atoms with Gasteiger partial charge in [0, 0.05) is 23.8 Å². The van der Waals surface area contributed by atoms with Gasteiger partial charge in [0.25, 0.3) is 0 Å². The van der Waals surface area contributed by atoms with Crippen molar-refractivity contribution in [1.82, 2.24) is 4.98 Å². The summed E-state index contributed by atoms with van der Waals surface area (Å²) < 4.78 is 0. The Bertz CT molecular complexity index is 550. The smallest absolute Gasteiger partial charge is 0.0722 e. The third-order valence-corrected chi connectivity index (χ3v) is 4.01. The zero-order valence-electron chi connectivity index (χ0n) is 10.6. The van der Waals surface area contributed by atoms with Gasteiger partial charge in [-0.25, -0.2) is 0 Å². The number of rotatable bonds is 2. The van der Waals surface area contributed by atoms with Crippen LogP contribution in [0, 0.1) is 5.92 Å².